The standard InChI is InChI=1S/C24H27N3O5/c1-13(2)12-27-22(15-10-17(31-4)23(28)18(11-15)32-5)19-20(25-26-21(19)24(27)29)14-6-8-16(30-3)9-7-14/h6-11,13,22,28H,12H2,1-5H3,(H,25,26). The molecule has 0 saturated carbocycles. The van der Waals surface area contributed by atoms with Gasteiger partial charge in [-0.3, -0.25) is 9.89 Å². The average molecular weight is 437 g/mol. The first-order valence-electron chi connectivity index (χ1n) is 10.4. The number of phenolic OH excluding ortho intramolecular Hbond substituents is 1. The molecule has 0 aliphatic carbocycles. The number of methoxy groups -OCH3 is 3. The predicted molar refractivity (Wildman–Crippen MR) is 120 cm³/mol. The third-order valence-electron chi connectivity index (χ3n) is 5.61. The molecule has 0 saturated heterocycles. The van der Waals surface area contributed by atoms with Gasteiger partial charge in [0.05, 0.1) is 33.1 Å². The molecular weight excluding hydrogens is 410 g/mol. The van der Waals surface area contributed by atoms with Gasteiger partial charge in [0.2, 0.25) is 5.75 Å². The molecule has 1 aromatic heterocycles. The normalized spacial score (nSPS) is 15.2. The van der Waals surface area contributed by atoms with E-state index in [1.165, 1.54) is 14.2 Å². The van der Waals surface area contributed by atoms with Crippen LogP contribution in [0.4, 0.5) is 0 Å². The number of ether oxygens (including phenoxy) is 3. The summed E-state index contributed by atoms with van der Waals surface area (Å²) in [5.41, 5.74) is 3.58. The lowest BCUT2D eigenvalue weighted by molar-refractivity contribution is 0.0722. The minimum Gasteiger partial charge on any atom is -0.502 e. The van der Waals surface area contributed by atoms with Crippen molar-refractivity contribution in [3.8, 4) is 34.3 Å². The van der Waals surface area contributed by atoms with Gasteiger partial charge in [0, 0.05) is 17.7 Å². The predicted octanol–water partition coefficient (Wildman–Crippen LogP) is 4.01. The van der Waals surface area contributed by atoms with Gasteiger partial charge in [0.25, 0.3) is 5.91 Å². The molecule has 8 nitrogen and oxygen atoms in total. The molecule has 0 bridgehead atoms. The molecule has 32 heavy (non-hydrogen) atoms. The summed E-state index contributed by atoms with van der Waals surface area (Å²) in [6.45, 7) is 4.69. The average Bonchev–Trinajstić information content (AvgIpc) is 3.33. The third kappa shape index (κ3) is 3.51. The van der Waals surface area contributed by atoms with Crippen LogP contribution in [0.15, 0.2) is 36.4 Å². The Morgan fingerprint density at radius 1 is 1.06 bits per heavy atom. The molecule has 1 amide bonds. The van der Waals surface area contributed by atoms with Gasteiger partial charge >= 0.3 is 0 Å². The zero-order valence-corrected chi connectivity index (χ0v) is 18.8. The molecule has 2 heterocycles. The summed E-state index contributed by atoms with van der Waals surface area (Å²) in [4.78, 5) is 15.2. The maximum atomic E-state index is 13.4. The summed E-state index contributed by atoms with van der Waals surface area (Å²) in [5, 5.41) is 17.8. The van der Waals surface area contributed by atoms with Crippen molar-refractivity contribution in [3.05, 3.63) is 53.2 Å². The van der Waals surface area contributed by atoms with Crippen LogP contribution < -0.4 is 14.2 Å². The van der Waals surface area contributed by atoms with Crippen molar-refractivity contribution in [1.29, 1.82) is 0 Å². The van der Waals surface area contributed by atoms with Crippen LogP contribution in [0.3, 0.4) is 0 Å². The number of nitrogens with zero attached hydrogens (tertiary/aromatic N) is 2. The van der Waals surface area contributed by atoms with Crippen LogP contribution in [0.5, 0.6) is 23.0 Å². The second kappa shape index (κ2) is 8.45. The molecule has 2 aromatic carbocycles. The van der Waals surface area contributed by atoms with Crippen LogP contribution in [0.1, 0.15) is 41.5 Å². The molecule has 1 aliphatic rings. The second-order valence-corrected chi connectivity index (χ2v) is 8.12. The minimum atomic E-state index is -0.417. The highest BCUT2D eigenvalue weighted by atomic mass is 16.5. The molecule has 1 atom stereocenters. The zero-order valence-electron chi connectivity index (χ0n) is 18.8. The monoisotopic (exact) mass is 437 g/mol. The summed E-state index contributed by atoms with van der Waals surface area (Å²) in [6.07, 6.45) is 0. The van der Waals surface area contributed by atoms with E-state index in [1.54, 1.807) is 19.2 Å². The Balaban J connectivity index is 1.91. The van der Waals surface area contributed by atoms with E-state index in [9.17, 15) is 9.90 Å². The molecule has 4 rings (SSSR count). The number of hydrogen-bond donors (Lipinski definition) is 2. The highest BCUT2D eigenvalue weighted by Gasteiger charge is 2.42. The number of rotatable bonds is 7. The van der Waals surface area contributed by atoms with Gasteiger partial charge in [-0.05, 0) is 47.9 Å². The first-order valence-corrected chi connectivity index (χ1v) is 10.4. The second-order valence-electron chi connectivity index (χ2n) is 8.12. The van der Waals surface area contributed by atoms with E-state index in [4.69, 9.17) is 14.2 Å². The SMILES string of the molecule is COc1ccc(-c2n[nH]c3c2C(c2cc(OC)c(O)c(OC)c2)N(CC(C)C)C3=O)cc1. The Hall–Kier alpha value is -3.68. The largest absolute Gasteiger partial charge is 0.502 e. The van der Waals surface area contributed by atoms with Crippen molar-refractivity contribution < 1.29 is 24.1 Å². The fourth-order valence-corrected chi connectivity index (χ4v) is 4.17. The number of nitrogens with one attached hydrogen (secondary N) is 1. The van der Waals surface area contributed by atoms with E-state index in [1.807, 2.05) is 29.2 Å². The van der Waals surface area contributed by atoms with E-state index in [0.717, 1.165) is 22.4 Å². The van der Waals surface area contributed by atoms with Crippen LogP contribution in [-0.4, -0.2) is 54.0 Å². The Kier molecular flexibility index (Phi) is 5.69. The number of aromatic hydroxyl groups is 1. The topological polar surface area (TPSA) is 96.9 Å². The van der Waals surface area contributed by atoms with Crippen molar-refractivity contribution in [2.24, 2.45) is 5.92 Å². The number of fused-ring (bicyclic) bond motifs is 1. The van der Waals surface area contributed by atoms with Gasteiger partial charge in [-0.1, -0.05) is 13.8 Å². The molecule has 0 radical (unpaired) electrons. The Bertz CT molecular complexity index is 1110. The zero-order chi connectivity index (χ0) is 23.0. The van der Waals surface area contributed by atoms with Gasteiger partial charge < -0.3 is 24.2 Å². The van der Waals surface area contributed by atoms with Crippen LogP contribution in [0.25, 0.3) is 11.3 Å². The summed E-state index contributed by atoms with van der Waals surface area (Å²) in [5.74, 6) is 1.35. The number of benzene rings is 2. The molecule has 2 N–H and O–H groups in total. The van der Waals surface area contributed by atoms with Gasteiger partial charge in [-0.25, -0.2) is 0 Å². The number of hydrogen-bond acceptors (Lipinski definition) is 6. The van der Waals surface area contributed by atoms with Crippen molar-refractivity contribution in [3.63, 3.8) is 0 Å². The number of H-pyrrole nitrogens is 1. The van der Waals surface area contributed by atoms with Gasteiger partial charge in [-0.15, -0.1) is 0 Å². The molecule has 0 fully saturated rings. The molecule has 1 aliphatic heterocycles. The highest BCUT2D eigenvalue weighted by Crippen LogP contribution is 2.47. The third-order valence-corrected chi connectivity index (χ3v) is 5.61. The molecule has 0 spiro atoms. The first kappa shape index (κ1) is 21.5. The molecule has 8 heteroatoms. The van der Waals surface area contributed by atoms with Gasteiger partial charge in [0.15, 0.2) is 11.5 Å². The summed E-state index contributed by atoms with van der Waals surface area (Å²) in [7, 11) is 4.58. The van der Waals surface area contributed by atoms with Crippen molar-refractivity contribution in [2.75, 3.05) is 27.9 Å². The van der Waals surface area contributed by atoms with Gasteiger partial charge in [-0.2, -0.15) is 5.10 Å². The Labute approximate surface area is 186 Å². The van der Waals surface area contributed by atoms with E-state index < -0.39 is 6.04 Å². The van der Waals surface area contributed by atoms with Crippen LogP contribution >= 0.6 is 0 Å². The summed E-state index contributed by atoms with van der Waals surface area (Å²) < 4.78 is 16.0. The number of aromatic nitrogens is 2. The van der Waals surface area contributed by atoms with Crippen molar-refractivity contribution in [1.82, 2.24) is 15.1 Å². The molecule has 1 unspecified atom stereocenters. The molecular formula is C24H27N3O5. The number of carbonyl (C=O) groups excluding carboxylic acids is 1. The molecule has 168 valence electrons. The van der Waals surface area contributed by atoms with Crippen LogP contribution in [0, 0.1) is 5.92 Å². The number of carbonyl (C=O) groups is 1. The van der Waals surface area contributed by atoms with Crippen LogP contribution in [0.2, 0.25) is 0 Å². The number of aromatic amines is 1. The lowest BCUT2D eigenvalue weighted by Gasteiger charge is -2.28. The first-order chi connectivity index (χ1) is 15.4. The van der Waals surface area contributed by atoms with E-state index >= 15 is 0 Å². The lowest BCUT2D eigenvalue weighted by atomic mass is 9.95. The number of phenols is 1. The fourth-order valence-electron chi connectivity index (χ4n) is 4.17. The van der Waals surface area contributed by atoms with E-state index in [2.05, 4.69) is 24.0 Å². The number of amides is 1. The summed E-state index contributed by atoms with van der Waals surface area (Å²) in [6, 6.07) is 10.6. The Morgan fingerprint density at radius 2 is 1.69 bits per heavy atom. The lowest BCUT2D eigenvalue weighted by Crippen LogP contribution is -2.32. The molecule has 3 aromatic rings. The minimum absolute atomic E-state index is 0.0821. The smallest absolute Gasteiger partial charge is 0.273 e. The Morgan fingerprint density at radius 3 is 2.22 bits per heavy atom. The van der Waals surface area contributed by atoms with Crippen molar-refractivity contribution >= 4 is 5.91 Å². The maximum Gasteiger partial charge on any atom is 0.273 e. The highest BCUT2D eigenvalue weighted by molar-refractivity contribution is 6.00. The maximum absolute atomic E-state index is 13.4. The quantitative estimate of drug-likeness (QED) is 0.580. The van der Waals surface area contributed by atoms with Crippen LogP contribution in [-0.2, 0) is 0 Å². The van der Waals surface area contributed by atoms with E-state index in [0.29, 0.717) is 17.9 Å². The summed E-state index contributed by atoms with van der Waals surface area (Å²) >= 11 is 0. The van der Waals surface area contributed by atoms with Crippen molar-refractivity contribution in [2.45, 2.75) is 19.9 Å². The van der Waals surface area contributed by atoms with E-state index in [-0.39, 0.29) is 29.1 Å². The van der Waals surface area contributed by atoms with Gasteiger partial charge in [0.1, 0.15) is 11.4 Å². The fraction of sp³-hybridized carbons (Fsp3) is 0.333.